The average Bonchev–Trinajstić information content (AvgIpc) is 3.46. The van der Waals surface area contributed by atoms with Crippen molar-refractivity contribution in [3.05, 3.63) is 35.6 Å². The van der Waals surface area contributed by atoms with Crippen LogP contribution >= 0.6 is 0 Å². The number of aliphatic hydroxyl groups is 1. The summed E-state index contributed by atoms with van der Waals surface area (Å²) in [6.07, 6.45) is 3.83. The van der Waals surface area contributed by atoms with Gasteiger partial charge in [-0.05, 0) is 43.4 Å². The van der Waals surface area contributed by atoms with Crippen LogP contribution in [0, 0.1) is 11.7 Å². The van der Waals surface area contributed by atoms with E-state index in [-0.39, 0.29) is 42.6 Å². The van der Waals surface area contributed by atoms with E-state index in [1.54, 1.807) is 21.9 Å². The highest BCUT2D eigenvalue weighted by molar-refractivity contribution is 5.82. The van der Waals surface area contributed by atoms with Gasteiger partial charge in [0.15, 0.2) is 0 Å². The molecule has 1 saturated carbocycles. The Morgan fingerprint density at radius 1 is 1.20 bits per heavy atom. The van der Waals surface area contributed by atoms with E-state index >= 15 is 0 Å². The Bertz CT molecular complexity index is 616. The van der Waals surface area contributed by atoms with Gasteiger partial charge in [0.2, 0.25) is 11.8 Å². The maximum Gasteiger partial charge on any atom is 0.227 e. The molecule has 0 radical (unpaired) electrons. The fourth-order valence-electron chi connectivity index (χ4n) is 3.50. The smallest absolute Gasteiger partial charge is 0.227 e. The molecule has 1 aliphatic carbocycles. The number of benzene rings is 1. The normalized spacial score (nSPS) is 20.4. The minimum atomic E-state index is -0.316. The highest BCUT2D eigenvalue weighted by Crippen LogP contribution is 2.30. The lowest BCUT2D eigenvalue weighted by atomic mass is 9.95. The van der Waals surface area contributed by atoms with E-state index in [4.69, 9.17) is 0 Å². The maximum atomic E-state index is 13.0. The molecule has 2 fully saturated rings. The van der Waals surface area contributed by atoms with E-state index in [0.29, 0.717) is 19.6 Å². The fraction of sp³-hybridized carbons (Fsp3) is 0.579. The van der Waals surface area contributed by atoms with Gasteiger partial charge in [0, 0.05) is 25.7 Å². The van der Waals surface area contributed by atoms with E-state index in [1.165, 1.54) is 12.1 Å². The number of halogens is 1. The lowest BCUT2D eigenvalue weighted by Crippen LogP contribution is -2.48. The Kier molecular flexibility index (Phi) is 5.68. The summed E-state index contributed by atoms with van der Waals surface area (Å²) in [7, 11) is 0. The Labute approximate surface area is 147 Å². The zero-order chi connectivity index (χ0) is 17.8. The second kappa shape index (κ2) is 7.95. The molecule has 1 saturated heterocycles. The molecule has 3 rings (SSSR count). The second-order valence-electron chi connectivity index (χ2n) is 6.97. The first-order valence-corrected chi connectivity index (χ1v) is 9.02. The summed E-state index contributed by atoms with van der Waals surface area (Å²) in [5.41, 5.74) is 0.778. The maximum absolute atomic E-state index is 13.0. The van der Waals surface area contributed by atoms with Crippen molar-refractivity contribution in [2.45, 2.75) is 38.1 Å². The molecular formula is C19H25FN2O3. The van der Waals surface area contributed by atoms with Crippen LogP contribution in [0.3, 0.4) is 0 Å². The van der Waals surface area contributed by atoms with Gasteiger partial charge in [0.1, 0.15) is 5.82 Å². The first-order chi connectivity index (χ1) is 12.1. The van der Waals surface area contributed by atoms with Gasteiger partial charge < -0.3 is 14.9 Å². The molecule has 25 heavy (non-hydrogen) atoms. The molecule has 1 aliphatic heterocycles. The molecule has 1 unspecified atom stereocenters. The molecule has 6 heteroatoms. The van der Waals surface area contributed by atoms with Crippen LogP contribution in [0.4, 0.5) is 4.39 Å². The van der Waals surface area contributed by atoms with E-state index in [0.717, 1.165) is 31.2 Å². The fourth-order valence-corrected chi connectivity index (χ4v) is 3.50. The zero-order valence-electron chi connectivity index (χ0n) is 14.4. The molecule has 1 aromatic carbocycles. The molecule has 1 atom stereocenters. The van der Waals surface area contributed by atoms with Gasteiger partial charge in [0.25, 0.3) is 0 Å². The lowest BCUT2D eigenvalue weighted by Gasteiger charge is -2.35. The van der Waals surface area contributed by atoms with Gasteiger partial charge in [-0.25, -0.2) is 4.39 Å². The van der Waals surface area contributed by atoms with Crippen molar-refractivity contribution in [1.29, 1.82) is 0 Å². The number of amides is 2. The predicted molar refractivity (Wildman–Crippen MR) is 91.2 cm³/mol. The molecule has 1 aromatic rings. The number of likely N-dealkylation sites (tertiary alicyclic amines) is 1. The van der Waals surface area contributed by atoms with E-state index < -0.39 is 0 Å². The number of aliphatic hydroxyl groups excluding tert-OH is 1. The average molecular weight is 348 g/mol. The first-order valence-electron chi connectivity index (χ1n) is 9.02. The third-order valence-corrected chi connectivity index (χ3v) is 5.00. The number of carbonyl (C=O) groups is 2. The number of hydrogen-bond donors (Lipinski definition) is 1. The van der Waals surface area contributed by atoms with Crippen LogP contribution < -0.4 is 0 Å². The summed E-state index contributed by atoms with van der Waals surface area (Å²) >= 11 is 0. The monoisotopic (exact) mass is 348 g/mol. The highest BCUT2D eigenvalue weighted by atomic mass is 19.1. The first kappa shape index (κ1) is 17.9. The van der Waals surface area contributed by atoms with Crippen LogP contribution in [-0.4, -0.2) is 59.0 Å². The molecule has 0 bridgehead atoms. The van der Waals surface area contributed by atoms with Crippen molar-refractivity contribution in [2.75, 3.05) is 26.2 Å². The number of nitrogens with zero attached hydrogens (tertiary/aromatic N) is 2. The summed E-state index contributed by atoms with van der Waals surface area (Å²) in [4.78, 5) is 28.8. The van der Waals surface area contributed by atoms with Gasteiger partial charge in [-0.15, -0.1) is 0 Å². The van der Waals surface area contributed by atoms with Crippen molar-refractivity contribution in [3.63, 3.8) is 0 Å². The van der Waals surface area contributed by atoms with Crippen LogP contribution in [0.1, 0.15) is 31.2 Å². The van der Waals surface area contributed by atoms with Crippen molar-refractivity contribution in [3.8, 4) is 0 Å². The van der Waals surface area contributed by atoms with Crippen LogP contribution in [0.2, 0.25) is 0 Å². The molecule has 136 valence electrons. The molecule has 0 spiro atoms. The highest BCUT2D eigenvalue weighted by Gasteiger charge is 2.37. The van der Waals surface area contributed by atoms with Crippen molar-refractivity contribution in [2.24, 2.45) is 5.92 Å². The molecular weight excluding hydrogens is 323 g/mol. The van der Waals surface area contributed by atoms with Crippen LogP contribution in [0.25, 0.3) is 0 Å². The minimum Gasteiger partial charge on any atom is -0.395 e. The van der Waals surface area contributed by atoms with E-state index in [9.17, 15) is 19.1 Å². The summed E-state index contributed by atoms with van der Waals surface area (Å²) in [5, 5.41) is 9.20. The predicted octanol–water partition coefficient (Wildman–Crippen LogP) is 1.59. The largest absolute Gasteiger partial charge is 0.395 e. The molecule has 0 aromatic heterocycles. The topological polar surface area (TPSA) is 60.9 Å². The lowest BCUT2D eigenvalue weighted by molar-refractivity contribution is -0.141. The van der Waals surface area contributed by atoms with Crippen molar-refractivity contribution in [1.82, 2.24) is 9.80 Å². The van der Waals surface area contributed by atoms with Gasteiger partial charge in [-0.3, -0.25) is 9.59 Å². The molecule has 2 amide bonds. The SMILES string of the molecule is O=C(Cc1ccc(F)cc1)N1CCCC(C(=O)N(CCO)C2CC2)C1. The zero-order valence-corrected chi connectivity index (χ0v) is 14.4. The quantitative estimate of drug-likeness (QED) is 0.849. The number of piperidine rings is 1. The van der Waals surface area contributed by atoms with Crippen LogP contribution in [-0.2, 0) is 16.0 Å². The number of carbonyl (C=O) groups excluding carboxylic acids is 2. The molecule has 2 aliphatic rings. The van der Waals surface area contributed by atoms with Gasteiger partial charge in [-0.2, -0.15) is 0 Å². The summed E-state index contributed by atoms with van der Waals surface area (Å²) < 4.78 is 13.0. The Morgan fingerprint density at radius 2 is 1.92 bits per heavy atom. The Morgan fingerprint density at radius 3 is 2.56 bits per heavy atom. The third-order valence-electron chi connectivity index (χ3n) is 5.00. The van der Waals surface area contributed by atoms with E-state index in [2.05, 4.69) is 0 Å². The third kappa shape index (κ3) is 4.57. The Balaban J connectivity index is 1.59. The molecule has 1 heterocycles. The molecule has 1 N–H and O–H groups in total. The standard InChI is InChI=1S/C19H25FN2O3/c20-16-5-3-14(4-6-16)12-18(24)21-9-1-2-15(13-21)19(25)22(10-11-23)17-7-8-17/h3-6,15,17,23H,1-2,7-13H2. The van der Waals surface area contributed by atoms with E-state index in [1.807, 2.05) is 0 Å². The molecule has 5 nitrogen and oxygen atoms in total. The Hall–Kier alpha value is -1.95. The summed E-state index contributed by atoms with van der Waals surface area (Å²) in [6.45, 7) is 1.45. The van der Waals surface area contributed by atoms with Crippen LogP contribution in [0.15, 0.2) is 24.3 Å². The van der Waals surface area contributed by atoms with Crippen LogP contribution in [0.5, 0.6) is 0 Å². The van der Waals surface area contributed by atoms with Gasteiger partial charge in [0.05, 0.1) is 18.9 Å². The van der Waals surface area contributed by atoms with Crippen molar-refractivity contribution >= 4 is 11.8 Å². The number of rotatable bonds is 6. The summed E-state index contributed by atoms with van der Waals surface area (Å²) in [6, 6.07) is 6.22. The van der Waals surface area contributed by atoms with Gasteiger partial charge in [-0.1, -0.05) is 12.1 Å². The second-order valence-corrected chi connectivity index (χ2v) is 6.97. The summed E-state index contributed by atoms with van der Waals surface area (Å²) in [5.74, 6) is -0.456. The number of hydrogen-bond acceptors (Lipinski definition) is 3. The van der Waals surface area contributed by atoms with Gasteiger partial charge >= 0.3 is 0 Å². The van der Waals surface area contributed by atoms with Crippen molar-refractivity contribution < 1.29 is 19.1 Å². The minimum absolute atomic E-state index is 0.0239.